The van der Waals surface area contributed by atoms with E-state index >= 15 is 0 Å². The summed E-state index contributed by atoms with van der Waals surface area (Å²) in [4.78, 5) is 17.0. The fourth-order valence-electron chi connectivity index (χ4n) is 4.67. The topological polar surface area (TPSA) is 38.7 Å². The van der Waals surface area contributed by atoms with Crippen molar-refractivity contribution in [2.45, 2.75) is 32.1 Å². The van der Waals surface area contributed by atoms with Gasteiger partial charge in [0, 0.05) is 17.9 Å². The number of oxime groups is 1. The van der Waals surface area contributed by atoms with Crippen molar-refractivity contribution in [3.8, 4) is 0 Å². The minimum absolute atomic E-state index is 0.384. The summed E-state index contributed by atoms with van der Waals surface area (Å²) in [5.74, 6) is 2.56. The van der Waals surface area contributed by atoms with E-state index in [1.165, 1.54) is 38.2 Å². The zero-order chi connectivity index (χ0) is 14.9. The second-order valence-corrected chi connectivity index (χ2v) is 6.97. The molecule has 114 valence electrons. The molecule has 0 amide bonds. The summed E-state index contributed by atoms with van der Waals surface area (Å²) in [6, 6.07) is 9.74. The van der Waals surface area contributed by atoms with E-state index in [0.717, 1.165) is 23.1 Å². The maximum atomic E-state index is 11.8. The molecule has 0 radical (unpaired) electrons. The lowest BCUT2D eigenvalue weighted by atomic mass is 9.55. The maximum Gasteiger partial charge on any atom is 0.358 e. The third kappa shape index (κ3) is 2.72. The highest BCUT2D eigenvalue weighted by atomic mass is 16.7. The molecule has 1 aromatic rings. The summed E-state index contributed by atoms with van der Waals surface area (Å²) >= 11 is 0. The monoisotopic (exact) mass is 295 g/mol. The second-order valence-electron chi connectivity index (χ2n) is 6.97. The van der Waals surface area contributed by atoms with Crippen LogP contribution in [-0.4, -0.2) is 11.7 Å². The van der Waals surface area contributed by atoms with E-state index in [1.54, 1.807) is 6.08 Å². The molecule has 5 rings (SSSR count). The third-order valence-corrected chi connectivity index (χ3v) is 5.43. The van der Waals surface area contributed by atoms with E-state index in [4.69, 9.17) is 4.84 Å². The molecular weight excluding hydrogens is 274 g/mol. The Labute approximate surface area is 131 Å². The van der Waals surface area contributed by atoms with Crippen LogP contribution in [0, 0.1) is 23.7 Å². The first-order chi connectivity index (χ1) is 10.8. The zero-order valence-electron chi connectivity index (χ0n) is 12.7. The van der Waals surface area contributed by atoms with Crippen molar-refractivity contribution in [3.05, 3.63) is 42.0 Å². The second kappa shape index (κ2) is 5.71. The summed E-state index contributed by atoms with van der Waals surface area (Å²) < 4.78 is 0. The van der Waals surface area contributed by atoms with Gasteiger partial charge in [-0.25, -0.2) is 4.79 Å². The molecule has 0 atom stereocenters. The average molecular weight is 295 g/mol. The Morgan fingerprint density at radius 1 is 1.00 bits per heavy atom. The highest BCUT2D eigenvalue weighted by Crippen LogP contribution is 2.52. The summed E-state index contributed by atoms with van der Waals surface area (Å²) in [7, 11) is 0. The van der Waals surface area contributed by atoms with Gasteiger partial charge in [0.2, 0.25) is 0 Å². The molecule has 4 saturated carbocycles. The highest BCUT2D eigenvalue weighted by molar-refractivity contribution is 5.92. The Balaban J connectivity index is 1.39. The number of rotatable bonds is 3. The van der Waals surface area contributed by atoms with E-state index in [0.29, 0.717) is 11.8 Å². The SMILES string of the molecule is O=C(/C=C/c1ccccc1)ON=C1C2CC3CC(C2)CC1C3. The van der Waals surface area contributed by atoms with Crippen molar-refractivity contribution in [3.63, 3.8) is 0 Å². The highest BCUT2D eigenvalue weighted by Gasteiger charge is 2.46. The van der Waals surface area contributed by atoms with Gasteiger partial charge in [-0.1, -0.05) is 35.5 Å². The van der Waals surface area contributed by atoms with Crippen LogP contribution < -0.4 is 0 Å². The molecule has 4 aliphatic rings. The molecular formula is C19H21NO2. The molecule has 22 heavy (non-hydrogen) atoms. The Morgan fingerprint density at radius 3 is 2.27 bits per heavy atom. The molecule has 0 unspecified atom stereocenters. The fraction of sp³-hybridized carbons (Fsp3) is 0.474. The lowest BCUT2D eigenvalue weighted by Gasteiger charge is -2.49. The first kappa shape index (κ1) is 13.7. The van der Waals surface area contributed by atoms with Crippen molar-refractivity contribution in [1.29, 1.82) is 0 Å². The van der Waals surface area contributed by atoms with E-state index in [9.17, 15) is 4.79 Å². The first-order valence-corrected chi connectivity index (χ1v) is 8.30. The van der Waals surface area contributed by atoms with Gasteiger partial charge < -0.3 is 4.84 Å². The van der Waals surface area contributed by atoms with Crippen molar-refractivity contribution < 1.29 is 9.63 Å². The average Bonchev–Trinajstić information content (AvgIpc) is 2.52. The summed E-state index contributed by atoms with van der Waals surface area (Å²) in [6.07, 6.45) is 9.65. The molecule has 4 bridgehead atoms. The Kier molecular flexibility index (Phi) is 3.57. The largest absolute Gasteiger partial charge is 0.358 e. The minimum atomic E-state index is -0.384. The van der Waals surface area contributed by atoms with Gasteiger partial charge in [0.25, 0.3) is 0 Å². The van der Waals surface area contributed by atoms with E-state index in [1.807, 2.05) is 30.3 Å². The van der Waals surface area contributed by atoms with Crippen molar-refractivity contribution in [1.82, 2.24) is 0 Å². The zero-order valence-corrected chi connectivity index (χ0v) is 12.7. The third-order valence-electron chi connectivity index (χ3n) is 5.43. The molecule has 0 N–H and O–H groups in total. The molecule has 0 aromatic heterocycles. The van der Waals surface area contributed by atoms with Crippen LogP contribution in [0.25, 0.3) is 6.08 Å². The van der Waals surface area contributed by atoms with Crippen LogP contribution in [0.4, 0.5) is 0 Å². The van der Waals surface area contributed by atoms with E-state index in [-0.39, 0.29) is 5.97 Å². The summed E-state index contributed by atoms with van der Waals surface area (Å²) in [5.41, 5.74) is 2.15. The lowest BCUT2D eigenvalue weighted by molar-refractivity contribution is -0.137. The molecule has 4 fully saturated rings. The van der Waals surface area contributed by atoms with Gasteiger partial charge in [-0.2, -0.15) is 0 Å². The number of nitrogens with zero attached hydrogens (tertiary/aromatic N) is 1. The smallest absolute Gasteiger partial charge is 0.314 e. The summed E-state index contributed by atoms with van der Waals surface area (Å²) in [5, 5.41) is 4.25. The fourth-order valence-corrected chi connectivity index (χ4v) is 4.67. The van der Waals surface area contributed by atoms with Crippen LogP contribution in [0.3, 0.4) is 0 Å². The summed E-state index contributed by atoms with van der Waals surface area (Å²) in [6.45, 7) is 0. The maximum absolute atomic E-state index is 11.8. The van der Waals surface area contributed by atoms with Gasteiger partial charge in [0.05, 0.1) is 5.71 Å². The van der Waals surface area contributed by atoms with Crippen LogP contribution in [0.1, 0.15) is 37.7 Å². The molecule has 0 spiro atoms. The molecule has 3 nitrogen and oxygen atoms in total. The Bertz CT molecular complexity index is 588. The van der Waals surface area contributed by atoms with Gasteiger partial charge in [-0.15, -0.1) is 0 Å². The van der Waals surface area contributed by atoms with E-state index < -0.39 is 0 Å². The molecule has 3 heteroatoms. The van der Waals surface area contributed by atoms with Gasteiger partial charge in [0.1, 0.15) is 0 Å². The molecule has 0 aliphatic heterocycles. The van der Waals surface area contributed by atoms with Gasteiger partial charge in [0.15, 0.2) is 0 Å². The van der Waals surface area contributed by atoms with Crippen LogP contribution in [0.2, 0.25) is 0 Å². The molecule has 4 aliphatic carbocycles. The number of carbonyl (C=O) groups is 1. The number of carbonyl (C=O) groups excluding carboxylic acids is 1. The lowest BCUT2D eigenvalue weighted by Crippen LogP contribution is -2.45. The van der Waals surface area contributed by atoms with E-state index in [2.05, 4.69) is 5.16 Å². The van der Waals surface area contributed by atoms with Gasteiger partial charge >= 0.3 is 5.97 Å². The molecule has 0 saturated heterocycles. The van der Waals surface area contributed by atoms with Crippen molar-refractivity contribution in [2.24, 2.45) is 28.8 Å². The molecule has 0 heterocycles. The minimum Gasteiger partial charge on any atom is -0.314 e. The Hall–Kier alpha value is -1.90. The van der Waals surface area contributed by atoms with Gasteiger partial charge in [-0.3, -0.25) is 0 Å². The quantitative estimate of drug-likeness (QED) is 0.479. The molecule has 1 aromatic carbocycles. The predicted octanol–water partition coefficient (Wildman–Crippen LogP) is 4.06. The van der Waals surface area contributed by atoms with Crippen LogP contribution in [-0.2, 0) is 9.63 Å². The van der Waals surface area contributed by atoms with Crippen LogP contribution >= 0.6 is 0 Å². The van der Waals surface area contributed by atoms with Crippen molar-refractivity contribution in [2.75, 3.05) is 0 Å². The normalized spacial score (nSPS) is 32.5. The number of hydrogen-bond acceptors (Lipinski definition) is 3. The number of hydrogen-bond donors (Lipinski definition) is 0. The Morgan fingerprint density at radius 2 is 1.64 bits per heavy atom. The van der Waals surface area contributed by atoms with Gasteiger partial charge in [-0.05, 0) is 55.6 Å². The van der Waals surface area contributed by atoms with Crippen LogP contribution in [0.5, 0.6) is 0 Å². The van der Waals surface area contributed by atoms with Crippen LogP contribution in [0.15, 0.2) is 41.6 Å². The first-order valence-electron chi connectivity index (χ1n) is 8.30. The number of benzene rings is 1. The van der Waals surface area contributed by atoms with Crippen molar-refractivity contribution >= 4 is 17.8 Å². The standard InChI is InChI=1S/C19H21NO2/c21-18(7-6-13-4-2-1-3-5-13)22-20-19-16-9-14-8-15(11-16)12-17(19)10-14/h1-7,14-17H,8-12H2/b7-6+,20-19?. The predicted molar refractivity (Wildman–Crippen MR) is 86.0 cm³/mol.